The Labute approximate surface area is 357 Å². The van der Waals surface area contributed by atoms with Crippen molar-refractivity contribution in [1.29, 1.82) is 0 Å². The van der Waals surface area contributed by atoms with Gasteiger partial charge < -0.3 is 76.9 Å². The van der Waals surface area contributed by atoms with E-state index in [4.69, 9.17) is 66.3 Å². The molecule has 21 heteroatoms. The van der Waals surface area contributed by atoms with E-state index in [0.717, 1.165) is 31.4 Å². The summed E-state index contributed by atoms with van der Waals surface area (Å²) in [6.07, 6.45) is 6.17. The Morgan fingerprint density at radius 2 is 0.729 bits per heavy atom. The van der Waals surface area contributed by atoms with Crippen molar-refractivity contribution in [2.24, 2.45) is 0 Å². The number of amides is 2. The van der Waals surface area contributed by atoms with Crippen LogP contribution in [0.5, 0.6) is 0 Å². The first-order valence-electron chi connectivity index (χ1n) is 20.7. The minimum atomic E-state index is -3.39. The number of carbonyl (C=O) groups excluding carboxylic acids is 2. The van der Waals surface area contributed by atoms with Crippen LogP contribution in [0.15, 0.2) is 0 Å². The molecule has 0 aliphatic carbocycles. The van der Waals surface area contributed by atoms with Gasteiger partial charge in [0, 0.05) is 38.3 Å². The predicted octanol–water partition coefficient (Wildman–Crippen LogP) is 1.95. The summed E-state index contributed by atoms with van der Waals surface area (Å²) in [6.45, 7) is 13.7. The molecule has 0 saturated heterocycles. The summed E-state index contributed by atoms with van der Waals surface area (Å²) in [7, 11) is -3.39. The summed E-state index contributed by atoms with van der Waals surface area (Å²) in [5.41, 5.74) is 0. The maximum absolute atomic E-state index is 11.8. The Morgan fingerprint density at radius 1 is 0.424 bits per heavy atom. The van der Waals surface area contributed by atoms with E-state index in [1.807, 2.05) is 6.26 Å². The van der Waals surface area contributed by atoms with E-state index in [2.05, 4.69) is 10.6 Å². The Balaban J connectivity index is 3.14. The van der Waals surface area contributed by atoms with Gasteiger partial charge in [0.25, 0.3) is 0 Å². The molecule has 0 rings (SSSR count). The number of carbonyl (C=O) groups is 2. The molecular formula is C38H77N2O17PS. The molecule has 0 spiro atoms. The molecule has 0 aliphatic heterocycles. The first-order chi connectivity index (χ1) is 28.8. The largest absolute Gasteiger partial charge is 0.379 e. The molecule has 19 nitrogen and oxygen atoms in total. The van der Waals surface area contributed by atoms with Crippen LogP contribution < -0.4 is 10.6 Å². The van der Waals surface area contributed by atoms with Gasteiger partial charge in [0.05, 0.1) is 165 Å². The lowest BCUT2D eigenvalue weighted by Crippen LogP contribution is -2.27. The van der Waals surface area contributed by atoms with Crippen molar-refractivity contribution in [2.75, 3.05) is 197 Å². The number of unbranched alkanes of at least 4 members (excludes halogenated alkanes) is 3. The van der Waals surface area contributed by atoms with Gasteiger partial charge in [-0.2, -0.15) is 11.8 Å². The van der Waals surface area contributed by atoms with Gasteiger partial charge in [-0.05, 0) is 19.1 Å². The predicted molar refractivity (Wildman–Crippen MR) is 224 cm³/mol. The molecule has 352 valence electrons. The van der Waals surface area contributed by atoms with E-state index in [9.17, 15) is 14.2 Å². The van der Waals surface area contributed by atoms with Gasteiger partial charge in [0.1, 0.15) is 0 Å². The summed E-state index contributed by atoms with van der Waals surface area (Å²) in [6, 6.07) is 0. The number of thioether (sulfide) groups is 1. The molecule has 3 N–H and O–H groups in total. The molecule has 0 aromatic rings. The lowest BCUT2D eigenvalue weighted by molar-refractivity contribution is -0.122. The van der Waals surface area contributed by atoms with Gasteiger partial charge in [-0.25, -0.2) is 0 Å². The summed E-state index contributed by atoms with van der Waals surface area (Å²) >= 11 is 1.65. The smallest absolute Gasteiger partial charge is 0.325 e. The first kappa shape index (κ1) is 58.0. The molecule has 2 amide bonds. The summed E-state index contributed by atoms with van der Waals surface area (Å²) < 4.78 is 81.5. The molecule has 0 heterocycles. The van der Waals surface area contributed by atoms with E-state index in [1.54, 1.807) is 11.8 Å². The molecule has 0 aromatic heterocycles. The molecule has 0 aromatic carbocycles. The summed E-state index contributed by atoms with van der Waals surface area (Å²) in [5, 5.41) is 5.67. The quantitative estimate of drug-likeness (QED) is 0.0588. The Bertz CT molecular complexity index is 945. The molecule has 1 atom stereocenters. The number of nitrogens with one attached hydrogen (secondary N) is 2. The number of hydrogen-bond acceptors (Lipinski definition) is 17. The van der Waals surface area contributed by atoms with E-state index < -0.39 is 7.60 Å². The van der Waals surface area contributed by atoms with Crippen LogP contribution in [0.4, 0.5) is 0 Å². The normalized spacial score (nSPS) is 12.5. The Morgan fingerprint density at radius 3 is 1.08 bits per heavy atom. The molecule has 59 heavy (non-hydrogen) atoms. The second-order valence-corrected chi connectivity index (χ2v) is 15.4. The maximum Gasteiger partial charge on any atom is 0.325 e. The van der Waals surface area contributed by atoms with Crippen LogP contribution in [-0.2, 0) is 75.5 Å². The van der Waals surface area contributed by atoms with Crippen LogP contribution in [0.25, 0.3) is 0 Å². The van der Waals surface area contributed by atoms with Gasteiger partial charge >= 0.3 is 7.60 Å². The van der Waals surface area contributed by atoms with E-state index in [-0.39, 0.29) is 18.4 Å². The third kappa shape index (κ3) is 53.0. The monoisotopic (exact) mass is 896 g/mol. The van der Waals surface area contributed by atoms with Crippen molar-refractivity contribution in [3.63, 3.8) is 0 Å². The van der Waals surface area contributed by atoms with Crippen molar-refractivity contribution in [1.82, 2.24) is 10.6 Å². The topological polar surface area (TPSA) is 215 Å². The lowest BCUT2D eigenvalue weighted by atomic mass is 10.2. The molecule has 1 unspecified atom stereocenters. The second kappa shape index (κ2) is 48.0. The SMILES string of the molecule is CSCCC(=O)NCCOCCOCCOCCOCCOCCOCCOCCOCCOCCOCCOCCOCCC(=O)NCCCCCCOP(C)(=O)O. The number of ether oxygens (including phenoxy) is 12. The van der Waals surface area contributed by atoms with Crippen LogP contribution in [0, 0.1) is 0 Å². The van der Waals surface area contributed by atoms with E-state index in [1.165, 1.54) is 6.66 Å². The lowest BCUT2D eigenvalue weighted by Gasteiger charge is -2.09. The van der Waals surface area contributed by atoms with Crippen LogP contribution in [-0.4, -0.2) is 214 Å². The molecule has 0 radical (unpaired) electrons. The average molecular weight is 897 g/mol. The first-order valence-corrected chi connectivity index (χ1v) is 24.2. The Kier molecular flexibility index (Phi) is 47.2. The highest BCUT2D eigenvalue weighted by Gasteiger charge is 2.08. The van der Waals surface area contributed by atoms with Gasteiger partial charge in [-0.15, -0.1) is 0 Å². The van der Waals surface area contributed by atoms with Crippen molar-refractivity contribution in [3.05, 3.63) is 0 Å². The zero-order chi connectivity index (χ0) is 43.0. The van der Waals surface area contributed by atoms with E-state index in [0.29, 0.717) is 184 Å². The fraction of sp³-hybridized carbons (Fsp3) is 0.947. The standard InChI is InChI=1S/C38H77N2O17PS/c1-58(43,44)57-11-6-4-3-5-9-39-37(41)7-12-45-14-16-47-18-20-49-22-24-51-26-28-53-30-32-55-34-35-56-33-31-54-29-27-52-25-23-50-21-19-48-17-15-46-13-10-40-38(42)8-36-59-2/h3-36H2,1-2H3,(H,39,41)(H,40,42)(H,43,44). The Hall–Kier alpha value is -1.04. The molecule has 0 saturated carbocycles. The summed E-state index contributed by atoms with van der Waals surface area (Å²) in [5.74, 6) is 0.826. The number of rotatable bonds is 50. The molecule has 0 fully saturated rings. The van der Waals surface area contributed by atoms with Gasteiger partial charge in [0.2, 0.25) is 11.8 Å². The molecule has 0 aliphatic rings. The van der Waals surface area contributed by atoms with Crippen molar-refractivity contribution in [3.8, 4) is 0 Å². The number of hydrogen-bond donors (Lipinski definition) is 3. The highest BCUT2D eigenvalue weighted by Crippen LogP contribution is 2.36. The minimum absolute atomic E-state index is 0.0519. The van der Waals surface area contributed by atoms with E-state index >= 15 is 0 Å². The molecular weight excluding hydrogens is 819 g/mol. The third-order valence-electron chi connectivity index (χ3n) is 7.39. The van der Waals surface area contributed by atoms with Crippen molar-refractivity contribution < 1.29 is 80.4 Å². The van der Waals surface area contributed by atoms with Crippen molar-refractivity contribution in [2.45, 2.75) is 38.5 Å². The van der Waals surface area contributed by atoms with Gasteiger partial charge in [-0.3, -0.25) is 14.2 Å². The fourth-order valence-electron chi connectivity index (χ4n) is 4.36. The van der Waals surface area contributed by atoms with Crippen LogP contribution >= 0.6 is 19.4 Å². The van der Waals surface area contributed by atoms with Crippen molar-refractivity contribution >= 4 is 31.2 Å². The van der Waals surface area contributed by atoms with Gasteiger partial charge in [0.15, 0.2) is 0 Å². The second-order valence-electron chi connectivity index (χ2n) is 12.6. The minimum Gasteiger partial charge on any atom is -0.379 e. The average Bonchev–Trinajstić information content (AvgIpc) is 3.21. The highest BCUT2D eigenvalue weighted by atomic mass is 32.2. The maximum atomic E-state index is 11.8. The zero-order valence-corrected chi connectivity index (χ0v) is 37.6. The highest BCUT2D eigenvalue weighted by molar-refractivity contribution is 7.98. The van der Waals surface area contributed by atoms with Crippen LogP contribution in [0.1, 0.15) is 38.5 Å². The zero-order valence-electron chi connectivity index (χ0n) is 35.9. The fourth-order valence-corrected chi connectivity index (χ4v) is 5.22. The van der Waals surface area contributed by atoms with Gasteiger partial charge in [-0.1, -0.05) is 12.8 Å². The molecule has 0 bridgehead atoms. The summed E-state index contributed by atoms with van der Waals surface area (Å²) in [4.78, 5) is 32.3. The van der Waals surface area contributed by atoms with Crippen LogP contribution in [0.3, 0.4) is 0 Å². The van der Waals surface area contributed by atoms with Crippen LogP contribution in [0.2, 0.25) is 0 Å². The third-order valence-corrected chi connectivity index (χ3v) is 8.67.